The Morgan fingerprint density at radius 2 is 1.63 bits per heavy atom. The van der Waals surface area contributed by atoms with E-state index in [-0.39, 0.29) is 18.8 Å². The number of amides is 3. The van der Waals surface area contributed by atoms with Gasteiger partial charge in [0.15, 0.2) is 0 Å². The Balaban J connectivity index is 2.96. The zero-order valence-corrected chi connectivity index (χ0v) is 20.8. The molecular weight excluding hydrogens is 480 g/mol. The number of hydrogen-bond acceptors (Lipinski definition) is 8. The number of nitrogens with zero attached hydrogens (tertiary/aromatic N) is 1. The quantitative estimate of drug-likeness (QED) is 0.144. The number of carboxylic acids is 2. The summed E-state index contributed by atoms with van der Waals surface area (Å²) in [5.74, 6) is -4.40. The van der Waals surface area contributed by atoms with Crippen LogP contribution in [0.5, 0.6) is 0 Å². The number of H-pyrrole nitrogens is 1. The average molecular weight is 515 g/mol. The summed E-state index contributed by atoms with van der Waals surface area (Å²) in [4.78, 5) is 67.6. The van der Waals surface area contributed by atoms with Gasteiger partial charge in [-0.05, 0) is 30.8 Å². The van der Waals surface area contributed by atoms with E-state index in [0.29, 0.717) is 17.9 Å². The highest BCUT2D eigenvalue weighted by atomic mass is 32.2. The summed E-state index contributed by atoms with van der Waals surface area (Å²) in [5.41, 5.74) is 6.31. The van der Waals surface area contributed by atoms with Gasteiger partial charge in [-0.1, -0.05) is 13.8 Å². The lowest BCUT2D eigenvalue weighted by atomic mass is 10.0. The molecule has 14 heteroatoms. The van der Waals surface area contributed by atoms with E-state index in [1.807, 2.05) is 20.1 Å². The van der Waals surface area contributed by atoms with E-state index in [1.165, 1.54) is 24.3 Å². The van der Waals surface area contributed by atoms with Crippen LogP contribution < -0.4 is 21.7 Å². The number of nitrogens with two attached hydrogens (primary N) is 1. The van der Waals surface area contributed by atoms with Gasteiger partial charge in [-0.2, -0.15) is 11.8 Å². The summed E-state index contributed by atoms with van der Waals surface area (Å²) in [6.45, 7) is 3.66. The highest BCUT2D eigenvalue weighted by molar-refractivity contribution is 7.98. The van der Waals surface area contributed by atoms with Gasteiger partial charge in [0.05, 0.1) is 18.8 Å². The molecule has 0 spiro atoms. The van der Waals surface area contributed by atoms with Gasteiger partial charge in [0.2, 0.25) is 17.7 Å². The van der Waals surface area contributed by atoms with Crippen LogP contribution in [-0.2, 0) is 30.4 Å². The molecule has 196 valence electrons. The normalized spacial score (nSPS) is 14.4. The summed E-state index contributed by atoms with van der Waals surface area (Å²) < 4.78 is 0. The van der Waals surface area contributed by atoms with Gasteiger partial charge in [0.25, 0.3) is 0 Å². The minimum absolute atomic E-state index is 0.0222. The van der Waals surface area contributed by atoms with Crippen LogP contribution in [0.25, 0.3) is 0 Å². The monoisotopic (exact) mass is 514 g/mol. The second-order valence-corrected chi connectivity index (χ2v) is 9.40. The zero-order valence-electron chi connectivity index (χ0n) is 19.9. The molecule has 0 aliphatic rings. The molecule has 0 bridgehead atoms. The number of aliphatic carboxylic acids is 2. The minimum Gasteiger partial charge on any atom is -0.481 e. The first-order valence-electron chi connectivity index (χ1n) is 11.0. The first-order valence-corrected chi connectivity index (χ1v) is 12.4. The Morgan fingerprint density at radius 1 is 1.03 bits per heavy atom. The summed E-state index contributed by atoms with van der Waals surface area (Å²) in [6.07, 6.45) is 4.31. The van der Waals surface area contributed by atoms with Crippen molar-refractivity contribution in [2.75, 3.05) is 12.0 Å². The number of nitrogens with one attached hydrogen (secondary N) is 4. The minimum atomic E-state index is -1.57. The number of aromatic amines is 1. The number of carbonyl (C=O) groups is 5. The molecule has 4 unspecified atom stereocenters. The van der Waals surface area contributed by atoms with Crippen molar-refractivity contribution >= 4 is 41.4 Å². The molecule has 0 aliphatic heterocycles. The molecule has 0 aliphatic carbocycles. The van der Waals surface area contributed by atoms with Crippen LogP contribution in [0.1, 0.15) is 38.8 Å². The number of hydrogen-bond donors (Lipinski definition) is 7. The third-order valence-electron chi connectivity index (χ3n) is 4.92. The van der Waals surface area contributed by atoms with Gasteiger partial charge in [0.1, 0.15) is 18.1 Å². The molecule has 35 heavy (non-hydrogen) atoms. The predicted octanol–water partition coefficient (Wildman–Crippen LogP) is -0.908. The van der Waals surface area contributed by atoms with Crippen LogP contribution in [0.4, 0.5) is 0 Å². The van der Waals surface area contributed by atoms with E-state index in [9.17, 15) is 34.2 Å². The molecule has 0 saturated heterocycles. The number of rotatable bonds is 16. The third kappa shape index (κ3) is 11.2. The highest BCUT2D eigenvalue weighted by Crippen LogP contribution is 2.08. The van der Waals surface area contributed by atoms with Gasteiger partial charge in [-0.3, -0.25) is 19.2 Å². The van der Waals surface area contributed by atoms with Crippen LogP contribution >= 0.6 is 11.8 Å². The molecule has 3 amide bonds. The van der Waals surface area contributed by atoms with E-state index >= 15 is 0 Å². The maximum Gasteiger partial charge on any atom is 0.326 e. The Labute approximate surface area is 207 Å². The van der Waals surface area contributed by atoms with Crippen LogP contribution in [-0.4, -0.2) is 86.0 Å². The Bertz CT molecular complexity index is 864. The second kappa shape index (κ2) is 15.0. The fourth-order valence-electron chi connectivity index (χ4n) is 3.10. The van der Waals surface area contributed by atoms with Crippen molar-refractivity contribution in [2.24, 2.45) is 11.7 Å². The van der Waals surface area contributed by atoms with E-state index in [4.69, 9.17) is 5.73 Å². The van der Waals surface area contributed by atoms with Crippen molar-refractivity contribution in [3.63, 3.8) is 0 Å². The van der Waals surface area contributed by atoms with Crippen molar-refractivity contribution in [3.05, 3.63) is 18.2 Å². The predicted molar refractivity (Wildman–Crippen MR) is 128 cm³/mol. The van der Waals surface area contributed by atoms with Crippen molar-refractivity contribution in [1.29, 1.82) is 0 Å². The van der Waals surface area contributed by atoms with Crippen LogP contribution in [0.15, 0.2) is 12.5 Å². The first kappa shape index (κ1) is 29.9. The summed E-state index contributed by atoms with van der Waals surface area (Å²) in [7, 11) is 0. The average Bonchev–Trinajstić information content (AvgIpc) is 3.28. The molecule has 8 N–H and O–H groups in total. The van der Waals surface area contributed by atoms with Crippen LogP contribution in [0.3, 0.4) is 0 Å². The highest BCUT2D eigenvalue weighted by Gasteiger charge is 2.32. The molecule has 1 aromatic rings. The lowest BCUT2D eigenvalue weighted by Crippen LogP contribution is -2.58. The fraction of sp³-hybridized carbons (Fsp3) is 0.619. The molecule has 0 saturated carbocycles. The molecule has 4 atom stereocenters. The van der Waals surface area contributed by atoms with E-state index in [2.05, 4.69) is 25.9 Å². The Kier molecular flexibility index (Phi) is 12.8. The van der Waals surface area contributed by atoms with Crippen molar-refractivity contribution < 1.29 is 34.2 Å². The lowest BCUT2D eigenvalue weighted by Gasteiger charge is -2.25. The Morgan fingerprint density at radius 3 is 2.14 bits per heavy atom. The van der Waals surface area contributed by atoms with Gasteiger partial charge < -0.3 is 36.9 Å². The Hall–Kier alpha value is -3.13. The largest absolute Gasteiger partial charge is 0.481 e. The standard InChI is InChI=1S/C21H34N6O7S/c1-11(2)6-14(25-18(30)13(22)4-5-35-3)19(31)26-15(8-17(28)29)20(32)27-16(21(33)34)7-12-9-23-10-24-12/h9-11,13-16H,4-8,22H2,1-3H3,(H,23,24)(H,25,30)(H,26,31)(H,27,32)(H,28,29)(H,33,34). The van der Waals surface area contributed by atoms with Gasteiger partial charge in [0, 0.05) is 18.3 Å². The summed E-state index contributed by atoms with van der Waals surface area (Å²) in [5, 5.41) is 25.9. The second-order valence-electron chi connectivity index (χ2n) is 8.42. The van der Waals surface area contributed by atoms with Crippen molar-refractivity contribution in [1.82, 2.24) is 25.9 Å². The van der Waals surface area contributed by atoms with Crippen molar-refractivity contribution in [2.45, 2.75) is 63.7 Å². The molecule has 0 aromatic carbocycles. The molecule has 0 fully saturated rings. The lowest BCUT2D eigenvalue weighted by molar-refractivity contribution is -0.143. The molecule has 0 radical (unpaired) electrons. The molecule has 13 nitrogen and oxygen atoms in total. The van der Waals surface area contributed by atoms with E-state index in [0.717, 1.165) is 0 Å². The van der Waals surface area contributed by atoms with Crippen LogP contribution in [0.2, 0.25) is 0 Å². The SMILES string of the molecule is CSCCC(N)C(=O)NC(CC(C)C)C(=O)NC(CC(=O)O)C(=O)NC(Cc1cnc[nH]1)C(=O)O. The maximum absolute atomic E-state index is 12.9. The summed E-state index contributed by atoms with van der Waals surface area (Å²) in [6, 6.07) is -4.86. The molecule has 1 rings (SSSR count). The van der Waals surface area contributed by atoms with Gasteiger partial charge >= 0.3 is 11.9 Å². The summed E-state index contributed by atoms with van der Waals surface area (Å²) >= 11 is 1.52. The number of thioether (sulfide) groups is 1. The van der Waals surface area contributed by atoms with E-state index < -0.39 is 60.2 Å². The number of imidazole rings is 1. The van der Waals surface area contributed by atoms with Crippen LogP contribution in [0, 0.1) is 5.92 Å². The van der Waals surface area contributed by atoms with Gasteiger partial charge in [-0.15, -0.1) is 0 Å². The third-order valence-corrected chi connectivity index (χ3v) is 5.56. The molecular formula is C21H34N6O7S. The van der Waals surface area contributed by atoms with Gasteiger partial charge in [-0.25, -0.2) is 9.78 Å². The molecule has 1 aromatic heterocycles. The van der Waals surface area contributed by atoms with E-state index in [1.54, 1.807) is 0 Å². The maximum atomic E-state index is 12.9. The smallest absolute Gasteiger partial charge is 0.326 e. The van der Waals surface area contributed by atoms with Crippen molar-refractivity contribution in [3.8, 4) is 0 Å². The number of carboxylic acid groups (broad SMARTS) is 2. The first-order chi connectivity index (χ1) is 16.4. The number of carbonyl (C=O) groups excluding carboxylic acids is 3. The molecule has 1 heterocycles. The fourth-order valence-corrected chi connectivity index (χ4v) is 3.59. The topological polar surface area (TPSA) is 217 Å². The zero-order chi connectivity index (χ0) is 26.5. The number of aromatic nitrogens is 2.